The van der Waals surface area contributed by atoms with Crippen LogP contribution in [0.15, 0.2) is 83.8 Å². The van der Waals surface area contributed by atoms with Gasteiger partial charge in [0.2, 0.25) is 0 Å². The van der Waals surface area contributed by atoms with Crippen LogP contribution in [0.25, 0.3) is 15.0 Å². The van der Waals surface area contributed by atoms with E-state index >= 15 is 0 Å². The van der Waals surface area contributed by atoms with Crippen LogP contribution in [0.2, 0.25) is 0 Å². The molecular formula is C26H22F3O2S2+. The van der Waals surface area contributed by atoms with Gasteiger partial charge in [-0.1, -0.05) is 24.3 Å². The molecule has 2 nitrogen and oxygen atoms in total. The van der Waals surface area contributed by atoms with Crippen LogP contribution in [0.1, 0.15) is 34.6 Å². The third kappa shape index (κ3) is 5.25. The summed E-state index contributed by atoms with van der Waals surface area (Å²) in [6, 6.07) is 23.8. The molecule has 3 aromatic carbocycles. The monoisotopic (exact) mass is 487 g/mol. The molecule has 7 heteroatoms. The van der Waals surface area contributed by atoms with E-state index in [9.17, 15) is 18.0 Å². The van der Waals surface area contributed by atoms with E-state index in [0.29, 0.717) is 11.1 Å². The third-order valence-corrected chi connectivity index (χ3v) is 8.33. The summed E-state index contributed by atoms with van der Waals surface area (Å²) in [5.41, 5.74) is -4.30. The zero-order valence-corrected chi connectivity index (χ0v) is 19.9. The van der Waals surface area contributed by atoms with E-state index in [1.165, 1.54) is 27.1 Å². The molecule has 0 spiro atoms. The lowest BCUT2D eigenvalue weighted by atomic mass is 9.98. The summed E-state index contributed by atoms with van der Waals surface area (Å²) >= 11 is -0.173. The highest BCUT2D eigenvalue weighted by Gasteiger charge is 2.30. The lowest BCUT2D eigenvalue weighted by molar-refractivity contribution is -0.0328. The van der Waals surface area contributed by atoms with E-state index in [1.807, 2.05) is 24.3 Å². The molecule has 0 saturated carbocycles. The third-order valence-electron chi connectivity index (χ3n) is 5.28. The highest BCUT2D eigenvalue weighted by Crippen LogP contribution is 2.43. The number of fused-ring (bicyclic) bond motifs is 1. The highest BCUT2D eigenvalue weighted by molar-refractivity contribution is 8.00. The van der Waals surface area contributed by atoms with Crippen molar-refractivity contribution in [3.63, 3.8) is 0 Å². The fraction of sp³-hybridized carbons (Fsp3) is 0.192. The van der Waals surface area contributed by atoms with Gasteiger partial charge >= 0.3 is 11.5 Å². The maximum atomic E-state index is 12.8. The minimum atomic E-state index is -4.34. The van der Waals surface area contributed by atoms with Crippen molar-refractivity contribution >= 4 is 38.3 Å². The predicted octanol–water partition coefficient (Wildman–Crippen LogP) is 8.59. The molecule has 0 N–H and O–H groups in total. The molecule has 0 aliphatic heterocycles. The number of hydrogen-bond acceptors (Lipinski definition) is 3. The number of esters is 1. The summed E-state index contributed by atoms with van der Waals surface area (Å²) in [6.45, 7) is 5.55. The molecular weight excluding hydrogens is 465 g/mol. The number of thioether (sulfide) groups is 1. The van der Waals surface area contributed by atoms with E-state index < -0.39 is 17.1 Å². The maximum absolute atomic E-state index is 12.8. The van der Waals surface area contributed by atoms with Gasteiger partial charge in [-0.25, -0.2) is 4.79 Å². The molecule has 0 aliphatic carbocycles. The van der Waals surface area contributed by atoms with E-state index in [1.54, 1.807) is 38.1 Å². The number of carbonyl (C=O) groups excluding carboxylic acids is 1. The molecule has 0 saturated heterocycles. The van der Waals surface area contributed by atoms with E-state index in [4.69, 9.17) is 4.74 Å². The average Bonchev–Trinajstić information content (AvgIpc) is 3.08. The van der Waals surface area contributed by atoms with E-state index in [0.717, 1.165) is 4.90 Å². The van der Waals surface area contributed by atoms with Crippen LogP contribution in [-0.2, 0) is 10.3 Å². The lowest BCUT2D eigenvalue weighted by Gasteiger charge is -2.26. The molecule has 170 valence electrons. The Balaban J connectivity index is 1.51. The van der Waals surface area contributed by atoms with Crippen molar-refractivity contribution in [1.82, 2.24) is 0 Å². The van der Waals surface area contributed by atoms with Crippen LogP contribution >= 0.6 is 22.2 Å². The van der Waals surface area contributed by atoms with Crippen molar-refractivity contribution in [1.29, 1.82) is 0 Å². The minimum Gasteiger partial charge on any atom is -0.451 e. The standard InChI is InChI=1S/C26H22F3O2S2/c1-17-16-19-6-4-5-7-23(19)33(17)22-14-8-18(9-15-22)24(30)31-25(2,3)20-10-12-21(13-11-20)32-26(27,28)29/h4-16H,1-3H3/q+1. The summed E-state index contributed by atoms with van der Waals surface area (Å²) in [5, 5.41) is 1.23. The summed E-state index contributed by atoms with van der Waals surface area (Å²) in [4.78, 5) is 15.3. The molecule has 0 aliphatic rings. The first-order valence-corrected chi connectivity index (χ1v) is 12.3. The van der Waals surface area contributed by atoms with Crippen molar-refractivity contribution in [3.05, 3.63) is 94.9 Å². The van der Waals surface area contributed by atoms with Gasteiger partial charge in [0, 0.05) is 33.7 Å². The summed E-state index contributed by atoms with van der Waals surface area (Å²) in [5.74, 6) is -0.484. The first-order valence-electron chi connectivity index (χ1n) is 10.2. The van der Waals surface area contributed by atoms with Gasteiger partial charge in [0.05, 0.1) is 5.56 Å². The van der Waals surface area contributed by atoms with Gasteiger partial charge < -0.3 is 4.74 Å². The maximum Gasteiger partial charge on any atom is 0.446 e. The fourth-order valence-corrected chi connectivity index (χ4v) is 6.43. The zero-order valence-electron chi connectivity index (χ0n) is 18.3. The number of hydrogen-bond donors (Lipinski definition) is 0. The van der Waals surface area contributed by atoms with Crippen molar-refractivity contribution < 1.29 is 22.7 Å². The highest BCUT2D eigenvalue weighted by atomic mass is 32.2. The number of thiophene rings is 1. The molecule has 0 bridgehead atoms. The first kappa shape index (κ1) is 23.4. The Labute approximate surface area is 197 Å². The van der Waals surface area contributed by atoms with Gasteiger partial charge in [-0.05, 0) is 79.7 Å². The Morgan fingerprint density at radius 1 is 0.909 bits per heavy atom. The summed E-state index contributed by atoms with van der Waals surface area (Å²) < 4.78 is 44.6. The van der Waals surface area contributed by atoms with Crippen molar-refractivity contribution in [2.24, 2.45) is 0 Å². The Hall–Kier alpha value is -2.77. The molecule has 0 radical (unpaired) electrons. The van der Waals surface area contributed by atoms with Crippen molar-refractivity contribution in [2.45, 2.75) is 36.8 Å². The van der Waals surface area contributed by atoms with Crippen LogP contribution in [0.5, 0.6) is 0 Å². The van der Waals surface area contributed by atoms with Crippen LogP contribution in [-0.4, -0.2) is 11.5 Å². The normalized spacial score (nSPS) is 12.7. The van der Waals surface area contributed by atoms with Crippen molar-refractivity contribution in [2.75, 3.05) is 0 Å². The summed E-state index contributed by atoms with van der Waals surface area (Å²) in [6.07, 6.45) is 0. The fourth-order valence-electron chi connectivity index (χ4n) is 3.68. The predicted molar refractivity (Wildman–Crippen MR) is 129 cm³/mol. The molecule has 0 amide bonds. The van der Waals surface area contributed by atoms with Crippen LogP contribution in [0.4, 0.5) is 13.2 Å². The van der Waals surface area contributed by atoms with Crippen LogP contribution in [0.3, 0.4) is 0 Å². The second-order valence-electron chi connectivity index (χ2n) is 8.10. The number of benzene rings is 3. The Morgan fingerprint density at radius 2 is 1.55 bits per heavy atom. The molecule has 1 aromatic heterocycles. The van der Waals surface area contributed by atoms with Gasteiger partial charge in [0.15, 0.2) is 14.5 Å². The molecule has 4 rings (SSSR count). The van der Waals surface area contributed by atoms with E-state index in [2.05, 4.69) is 25.1 Å². The Kier molecular flexibility index (Phi) is 6.29. The van der Waals surface area contributed by atoms with Gasteiger partial charge in [-0.15, -0.1) is 0 Å². The largest absolute Gasteiger partial charge is 0.451 e. The SMILES string of the molecule is Cc1cc2ccccc2[s+]1-c1ccc(C(=O)OC(C)(C)c2ccc(SC(F)(F)F)cc2)cc1. The molecule has 33 heavy (non-hydrogen) atoms. The number of halogens is 3. The molecule has 4 aromatic rings. The second-order valence-corrected chi connectivity index (χ2v) is 11.4. The number of ether oxygens (including phenoxy) is 1. The van der Waals surface area contributed by atoms with E-state index in [-0.39, 0.29) is 27.1 Å². The second kappa shape index (κ2) is 8.88. The number of aryl methyl sites for hydroxylation is 1. The molecule has 0 fully saturated rings. The first-order chi connectivity index (χ1) is 15.5. The Morgan fingerprint density at radius 3 is 2.18 bits per heavy atom. The Bertz CT molecular complexity index is 1290. The van der Waals surface area contributed by atoms with Crippen LogP contribution in [0, 0.1) is 6.92 Å². The molecule has 1 heterocycles. The van der Waals surface area contributed by atoms with Gasteiger partial charge in [0.25, 0.3) is 0 Å². The number of alkyl halides is 3. The number of rotatable bonds is 5. The van der Waals surface area contributed by atoms with Crippen LogP contribution < -0.4 is 0 Å². The number of carbonyl (C=O) groups is 1. The van der Waals surface area contributed by atoms with Crippen molar-refractivity contribution in [3.8, 4) is 4.90 Å². The summed E-state index contributed by atoms with van der Waals surface area (Å²) in [7, 11) is -0.163. The topological polar surface area (TPSA) is 26.3 Å². The average molecular weight is 488 g/mol. The van der Waals surface area contributed by atoms with Gasteiger partial charge in [-0.3, -0.25) is 0 Å². The zero-order chi connectivity index (χ0) is 23.8. The quantitative estimate of drug-likeness (QED) is 0.160. The molecule has 1 unspecified atom stereocenters. The lowest BCUT2D eigenvalue weighted by Crippen LogP contribution is -2.25. The smallest absolute Gasteiger partial charge is 0.446 e. The minimum absolute atomic E-state index is 0.0858. The van der Waals surface area contributed by atoms with Gasteiger partial charge in [0.1, 0.15) is 5.60 Å². The molecule has 1 atom stereocenters. The van der Waals surface area contributed by atoms with Gasteiger partial charge in [-0.2, -0.15) is 13.2 Å².